The molecular weight excluding hydrogens is 401 g/mol. The van der Waals surface area contributed by atoms with Crippen molar-refractivity contribution < 1.29 is 9.59 Å². The highest BCUT2D eigenvalue weighted by Crippen LogP contribution is 2.27. The van der Waals surface area contributed by atoms with Gasteiger partial charge in [-0.3, -0.25) is 9.78 Å². The van der Waals surface area contributed by atoms with E-state index >= 15 is 0 Å². The number of rotatable bonds is 5. The van der Waals surface area contributed by atoms with Crippen molar-refractivity contribution in [3.63, 3.8) is 0 Å². The topological polar surface area (TPSA) is 77.6 Å². The van der Waals surface area contributed by atoms with Gasteiger partial charge in [-0.15, -0.1) is 0 Å². The van der Waals surface area contributed by atoms with E-state index in [2.05, 4.69) is 20.5 Å². The lowest BCUT2D eigenvalue weighted by atomic mass is 10.2. The summed E-state index contributed by atoms with van der Waals surface area (Å²) >= 11 is 12.0. The largest absolute Gasteiger partial charge is 0.368 e. The molecule has 9 heteroatoms. The Hall–Kier alpha value is -2.51. The highest BCUT2D eigenvalue weighted by atomic mass is 35.5. The zero-order chi connectivity index (χ0) is 19.9. The van der Waals surface area contributed by atoms with Gasteiger partial charge in [-0.05, 0) is 35.9 Å². The van der Waals surface area contributed by atoms with Crippen LogP contribution in [0.3, 0.4) is 0 Å². The Morgan fingerprint density at radius 1 is 0.964 bits per heavy atom. The van der Waals surface area contributed by atoms with Crippen LogP contribution in [0.5, 0.6) is 0 Å². The summed E-state index contributed by atoms with van der Waals surface area (Å²) in [6, 6.07) is 8.92. The first-order valence-electron chi connectivity index (χ1n) is 8.91. The Labute approximate surface area is 173 Å². The first-order valence-corrected chi connectivity index (χ1v) is 9.67. The van der Waals surface area contributed by atoms with Crippen molar-refractivity contribution >= 4 is 40.8 Å². The van der Waals surface area contributed by atoms with Gasteiger partial charge in [0.05, 0.1) is 16.6 Å². The van der Waals surface area contributed by atoms with Gasteiger partial charge in [-0.2, -0.15) is 0 Å². The molecule has 2 aromatic rings. The lowest BCUT2D eigenvalue weighted by Crippen LogP contribution is -2.53. The van der Waals surface area contributed by atoms with Crippen LogP contribution in [0.25, 0.3) is 0 Å². The molecule has 0 saturated carbocycles. The summed E-state index contributed by atoms with van der Waals surface area (Å²) < 4.78 is 0. The number of halogens is 2. The number of hydrogen-bond donors (Lipinski definition) is 2. The van der Waals surface area contributed by atoms with Crippen molar-refractivity contribution in [1.82, 2.24) is 20.5 Å². The number of aromatic nitrogens is 1. The van der Waals surface area contributed by atoms with Gasteiger partial charge in [-0.25, -0.2) is 4.79 Å². The average Bonchev–Trinajstić information content (AvgIpc) is 2.73. The smallest absolute Gasteiger partial charge is 0.317 e. The Balaban J connectivity index is 1.40. The molecule has 1 fully saturated rings. The number of carbonyl (C=O) groups is 2. The molecule has 3 rings (SSSR count). The molecule has 1 aliphatic heterocycles. The lowest BCUT2D eigenvalue weighted by Gasteiger charge is -2.36. The third-order valence-electron chi connectivity index (χ3n) is 4.47. The summed E-state index contributed by atoms with van der Waals surface area (Å²) in [5.41, 5.74) is 1.93. The van der Waals surface area contributed by atoms with Crippen molar-refractivity contribution in [1.29, 1.82) is 0 Å². The fraction of sp³-hybridized carbons (Fsp3) is 0.316. The maximum atomic E-state index is 12.3. The number of urea groups is 1. The molecule has 148 valence electrons. The summed E-state index contributed by atoms with van der Waals surface area (Å²) in [6.07, 6.45) is 3.34. The van der Waals surface area contributed by atoms with Crippen molar-refractivity contribution in [2.24, 2.45) is 0 Å². The quantitative estimate of drug-likeness (QED) is 0.777. The van der Waals surface area contributed by atoms with E-state index in [1.54, 1.807) is 23.4 Å². The van der Waals surface area contributed by atoms with Gasteiger partial charge < -0.3 is 20.4 Å². The van der Waals surface area contributed by atoms with E-state index < -0.39 is 0 Å². The maximum absolute atomic E-state index is 12.3. The lowest BCUT2D eigenvalue weighted by molar-refractivity contribution is -0.120. The molecule has 1 saturated heterocycles. The van der Waals surface area contributed by atoms with Crippen LogP contribution in [-0.2, 0) is 11.3 Å². The van der Waals surface area contributed by atoms with Gasteiger partial charge in [0, 0.05) is 50.8 Å². The zero-order valence-electron chi connectivity index (χ0n) is 15.2. The molecule has 0 unspecified atom stereocenters. The number of benzene rings is 1. The molecule has 7 nitrogen and oxygen atoms in total. The van der Waals surface area contributed by atoms with Gasteiger partial charge in [0.15, 0.2) is 0 Å². The highest BCUT2D eigenvalue weighted by molar-refractivity contribution is 6.42. The predicted octanol–water partition coefficient (Wildman–Crippen LogP) is 2.54. The molecule has 0 aliphatic carbocycles. The van der Waals surface area contributed by atoms with E-state index in [9.17, 15) is 9.59 Å². The molecule has 2 heterocycles. The van der Waals surface area contributed by atoms with Crippen LogP contribution >= 0.6 is 23.2 Å². The van der Waals surface area contributed by atoms with E-state index in [1.165, 1.54) is 0 Å². The van der Waals surface area contributed by atoms with Gasteiger partial charge in [0.25, 0.3) is 0 Å². The van der Waals surface area contributed by atoms with Gasteiger partial charge in [-0.1, -0.05) is 23.2 Å². The standard InChI is InChI=1S/C19H21Cl2N5O2/c20-16-2-1-15(11-17(16)21)25-7-9-26(10-8-25)19(28)24-13-18(27)23-12-14-3-5-22-6-4-14/h1-6,11H,7-10,12-13H2,(H,23,27)(H,24,28). The summed E-state index contributed by atoms with van der Waals surface area (Å²) in [5, 5.41) is 6.46. The zero-order valence-corrected chi connectivity index (χ0v) is 16.7. The van der Waals surface area contributed by atoms with Crippen molar-refractivity contribution in [3.05, 3.63) is 58.3 Å². The molecule has 1 aliphatic rings. The Kier molecular flexibility index (Phi) is 6.95. The van der Waals surface area contributed by atoms with Crippen molar-refractivity contribution in [3.8, 4) is 0 Å². The summed E-state index contributed by atoms with van der Waals surface area (Å²) in [5.74, 6) is -0.236. The minimum Gasteiger partial charge on any atom is -0.368 e. The third-order valence-corrected chi connectivity index (χ3v) is 5.21. The first-order chi connectivity index (χ1) is 13.5. The summed E-state index contributed by atoms with van der Waals surface area (Å²) in [6.45, 7) is 2.82. The molecule has 3 amide bonds. The molecule has 1 aromatic carbocycles. The van der Waals surface area contributed by atoms with Crippen LogP contribution in [-0.4, -0.2) is 54.5 Å². The molecule has 1 aromatic heterocycles. The normalized spacial score (nSPS) is 13.9. The minimum atomic E-state index is -0.243. The molecule has 0 bridgehead atoms. The molecule has 2 N–H and O–H groups in total. The summed E-state index contributed by atoms with van der Waals surface area (Å²) in [4.78, 5) is 32.0. The van der Waals surface area contributed by atoms with Gasteiger partial charge in [0.1, 0.15) is 0 Å². The number of nitrogens with one attached hydrogen (secondary N) is 2. The molecular formula is C19H21Cl2N5O2. The minimum absolute atomic E-state index is 0.0586. The van der Waals surface area contributed by atoms with Crippen LogP contribution in [0.15, 0.2) is 42.7 Å². The number of piperazine rings is 1. The fourth-order valence-corrected chi connectivity index (χ4v) is 3.17. The molecule has 28 heavy (non-hydrogen) atoms. The van der Waals surface area contributed by atoms with Crippen molar-refractivity contribution in [2.75, 3.05) is 37.6 Å². The second-order valence-electron chi connectivity index (χ2n) is 6.36. The third kappa shape index (κ3) is 5.50. The van der Waals surface area contributed by atoms with E-state index in [0.717, 1.165) is 11.3 Å². The van der Waals surface area contributed by atoms with E-state index in [1.807, 2.05) is 24.3 Å². The van der Waals surface area contributed by atoms with Crippen molar-refractivity contribution in [2.45, 2.75) is 6.54 Å². The van der Waals surface area contributed by atoms with Crippen LogP contribution in [0.1, 0.15) is 5.56 Å². The molecule has 0 spiro atoms. The number of nitrogens with zero attached hydrogens (tertiary/aromatic N) is 3. The number of amides is 3. The number of pyridine rings is 1. The number of anilines is 1. The fourth-order valence-electron chi connectivity index (χ4n) is 2.88. The molecule has 0 atom stereocenters. The van der Waals surface area contributed by atoms with Crippen LogP contribution in [0.4, 0.5) is 10.5 Å². The monoisotopic (exact) mass is 421 g/mol. The highest BCUT2D eigenvalue weighted by Gasteiger charge is 2.22. The Morgan fingerprint density at radius 2 is 1.68 bits per heavy atom. The van der Waals surface area contributed by atoms with Crippen LogP contribution < -0.4 is 15.5 Å². The van der Waals surface area contributed by atoms with Gasteiger partial charge >= 0.3 is 6.03 Å². The summed E-state index contributed by atoms with van der Waals surface area (Å²) in [7, 11) is 0. The van der Waals surface area contributed by atoms with Crippen LogP contribution in [0.2, 0.25) is 10.0 Å². The maximum Gasteiger partial charge on any atom is 0.317 e. The average molecular weight is 422 g/mol. The van der Waals surface area contributed by atoms with Crippen LogP contribution in [0, 0.1) is 0 Å². The second kappa shape index (κ2) is 9.61. The molecule has 0 radical (unpaired) electrons. The van der Waals surface area contributed by atoms with Gasteiger partial charge in [0.2, 0.25) is 5.91 Å². The Morgan fingerprint density at radius 3 is 2.36 bits per heavy atom. The SMILES string of the molecule is O=C(CNC(=O)N1CCN(c2ccc(Cl)c(Cl)c2)CC1)NCc1ccncc1. The predicted molar refractivity (Wildman–Crippen MR) is 110 cm³/mol. The van der Waals surface area contributed by atoms with E-state index in [-0.39, 0.29) is 18.5 Å². The second-order valence-corrected chi connectivity index (χ2v) is 7.18. The first kappa shape index (κ1) is 20.2. The number of carbonyl (C=O) groups excluding carboxylic acids is 2. The van der Waals surface area contributed by atoms with E-state index in [4.69, 9.17) is 23.2 Å². The number of hydrogen-bond acceptors (Lipinski definition) is 4. The Bertz CT molecular complexity index is 826. The van der Waals surface area contributed by atoms with E-state index in [0.29, 0.717) is 42.8 Å².